The first-order valence-corrected chi connectivity index (χ1v) is 7.73. The maximum absolute atomic E-state index is 11.5. The lowest BCUT2D eigenvalue weighted by molar-refractivity contribution is -0.645. The summed E-state index contributed by atoms with van der Waals surface area (Å²) in [5.74, 6) is 1.17. The van der Waals surface area contributed by atoms with E-state index in [4.69, 9.17) is 4.74 Å². The largest absolute Gasteiger partial charge is 0.618 e. The molecule has 112 valence electrons. The van der Waals surface area contributed by atoms with Gasteiger partial charge in [0.25, 0.3) is 5.03 Å². The van der Waals surface area contributed by atoms with Crippen molar-refractivity contribution >= 4 is 11.8 Å². The maximum Gasteiger partial charge on any atom is 0.251 e. The fraction of sp³-hybridized carbons (Fsp3) is 0.312. The molecule has 0 aliphatic carbocycles. The molecule has 1 aromatic carbocycles. The summed E-state index contributed by atoms with van der Waals surface area (Å²) < 4.78 is 6.39. The van der Waals surface area contributed by atoms with E-state index in [1.54, 1.807) is 18.2 Å². The summed E-state index contributed by atoms with van der Waals surface area (Å²) in [5, 5.41) is 22.0. The first-order valence-electron chi connectivity index (χ1n) is 6.75. The van der Waals surface area contributed by atoms with Crippen molar-refractivity contribution in [1.82, 2.24) is 0 Å². The van der Waals surface area contributed by atoms with E-state index in [9.17, 15) is 10.3 Å². The number of ether oxygens (including phenoxy) is 1. The van der Waals surface area contributed by atoms with Gasteiger partial charge in [0.2, 0.25) is 0 Å². The highest BCUT2D eigenvalue weighted by molar-refractivity contribution is 7.99. The van der Waals surface area contributed by atoms with Gasteiger partial charge in [-0.3, -0.25) is 0 Å². The fourth-order valence-electron chi connectivity index (χ4n) is 1.96. The summed E-state index contributed by atoms with van der Waals surface area (Å²) in [6.07, 6.45) is 0.816. The third-order valence-corrected chi connectivity index (χ3v) is 4.01. The van der Waals surface area contributed by atoms with Crippen LogP contribution in [0, 0.1) is 19.1 Å². The zero-order valence-electron chi connectivity index (χ0n) is 12.2. The first-order chi connectivity index (χ1) is 10.0. The topological polar surface area (TPSA) is 56.4 Å². The quantitative estimate of drug-likeness (QED) is 0.506. The summed E-state index contributed by atoms with van der Waals surface area (Å²) in [7, 11) is 0. The number of aryl methyl sites for hydroxylation is 2. The lowest BCUT2D eigenvalue weighted by Gasteiger charge is -2.13. The Hall–Kier alpha value is -1.72. The molecule has 1 heterocycles. The second kappa shape index (κ2) is 7.33. The Morgan fingerprint density at radius 3 is 2.62 bits per heavy atom. The molecular weight excluding hydrogens is 286 g/mol. The van der Waals surface area contributed by atoms with E-state index in [0.29, 0.717) is 10.8 Å². The van der Waals surface area contributed by atoms with Gasteiger partial charge in [-0.15, -0.1) is 0 Å². The van der Waals surface area contributed by atoms with E-state index in [1.165, 1.54) is 18.0 Å². The van der Waals surface area contributed by atoms with Crippen LogP contribution in [0.2, 0.25) is 0 Å². The van der Waals surface area contributed by atoms with Crippen LogP contribution in [0.1, 0.15) is 11.1 Å². The van der Waals surface area contributed by atoms with Crippen molar-refractivity contribution in [2.45, 2.75) is 25.0 Å². The monoisotopic (exact) mass is 305 g/mol. The molecule has 0 saturated heterocycles. The van der Waals surface area contributed by atoms with Gasteiger partial charge in [-0.1, -0.05) is 17.8 Å². The van der Waals surface area contributed by atoms with Gasteiger partial charge >= 0.3 is 0 Å². The van der Waals surface area contributed by atoms with Gasteiger partial charge in [0, 0.05) is 17.9 Å². The number of hydrogen-bond acceptors (Lipinski definition) is 4. The normalized spacial score (nSPS) is 12.1. The van der Waals surface area contributed by atoms with Crippen molar-refractivity contribution in [2.75, 3.05) is 12.4 Å². The minimum atomic E-state index is -0.629. The van der Waals surface area contributed by atoms with Crippen molar-refractivity contribution in [1.29, 1.82) is 0 Å². The van der Waals surface area contributed by atoms with Crippen LogP contribution in [0.15, 0.2) is 47.6 Å². The molecule has 0 aliphatic rings. The molecule has 0 spiro atoms. The molecule has 0 fully saturated rings. The molecule has 0 radical (unpaired) electrons. The van der Waals surface area contributed by atoms with Crippen LogP contribution in [0.5, 0.6) is 5.75 Å². The predicted molar refractivity (Wildman–Crippen MR) is 83.5 cm³/mol. The zero-order chi connectivity index (χ0) is 15.2. The first kappa shape index (κ1) is 15.7. The Morgan fingerprint density at radius 1 is 1.24 bits per heavy atom. The Labute approximate surface area is 129 Å². The van der Waals surface area contributed by atoms with Gasteiger partial charge < -0.3 is 15.1 Å². The average molecular weight is 305 g/mol. The lowest BCUT2D eigenvalue weighted by Crippen LogP contribution is -2.29. The number of nitrogens with zero attached hydrogens (tertiary/aromatic N) is 1. The number of benzene rings is 1. The van der Waals surface area contributed by atoms with Crippen molar-refractivity contribution < 1.29 is 14.6 Å². The Morgan fingerprint density at radius 2 is 1.95 bits per heavy atom. The number of aliphatic hydroxyl groups is 1. The zero-order valence-corrected chi connectivity index (χ0v) is 13.0. The molecule has 21 heavy (non-hydrogen) atoms. The van der Waals surface area contributed by atoms with Crippen LogP contribution in [-0.4, -0.2) is 23.6 Å². The number of pyridine rings is 1. The number of rotatable bonds is 6. The summed E-state index contributed by atoms with van der Waals surface area (Å²) >= 11 is 1.32. The Balaban J connectivity index is 1.82. The molecule has 0 aliphatic heterocycles. The third-order valence-electron chi connectivity index (χ3n) is 2.85. The summed E-state index contributed by atoms with van der Waals surface area (Å²) in [6.45, 7) is 4.23. The van der Waals surface area contributed by atoms with Gasteiger partial charge in [0.1, 0.15) is 12.4 Å². The smallest absolute Gasteiger partial charge is 0.251 e. The SMILES string of the molecule is Cc1cc(C)cc(OCC(O)CSc2cccc[n+]2[O-])c1. The standard InChI is InChI=1S/C16H19NO3S/c1-12-7-13(2)9-15(8-12)20-10-14(18)11-21-16-5-3-4-6-17(16)19/h3-9,14,18H,10-11H2,1-2H3. The summed E-state index contributed by atoms with van der Waals surface area (Å²) in [4.78, 5) is 0. The van der Waals surface area contributed by atoms with E-state index >= 15 is 0 Å². The van der Waals surface area contributed by atoms with Crippen molar-refractivity contribution in [2.24, 2.45) is 0 Å². The van der Waals surface area contributed by atoms with E-state index in [-0.39, 0.29) is 6.61 Å². The van der Waals surface area contributed by atoms with E-state index in [1.807, 2.05) is 26.0 Å². The second-order valence-corrected chi connectivity index (χ2v) is 6.00. The molecule has 4 nitrogen and oxygen atoms in total. The van der Waals surface area contributed by atoms with Gasteiger partial charge in [0.15, 0.2) is 6.20 Å². The summed E-state index contributed by atoms with van der Waals surface area (Å²) in [5.41, 5.74) is 2.26. The molecule has 2 aromatic rings. The molecule has 1 atom stereocenters. The predicted octanol–water partition coefficient (Wildman–Crippen LogP) is 2.47. The van der Waals surface area contributed by atoms with Crippen molar-refractivity contribution in [3.63, 3.8) is 0 Å². The Bertz CT molecular complexity index is 584. The number of aromatic nitrogens is 1. The highest BCUT2D eigenvalue weighted by Gasteiger charge is 2.11. The molecular formula is C16H19NO3S. The summed E-state index contributed by atoms with van der Waals surface area (Å²) in [6, 6.07) is 11.2. The molecule has 1 aromatic heterocycles. The van der Waals surface area contributed by atoms with E-state index in [0.717, 1.165) is 21.6 Å². The van der Waals surface area contributed by atoms with Crippen LogP contribution in [0.3, 0.4) is 0 Å². The maximum atomic E-state index is 11.5. The van der Waals surface area contributed by atoms with Gasteiger partial charge in [-0.2, -0.15) is 4.73 Å². The minimum Gasteiger partial charge on any atom is -0.618 e. The van der Waals surface area contributed by atoms with Crippen molar-refractivity contribution in [3.8, 4) is 5.75 Å². The molecule has 0 saturated carbocycles. The van der Waals surface area contributed by atoms with Crippen LogP contribution >= 0.6 is 11.8 Å². The molecule has 5 heteroatoms. The number of hydrogen-bond donors (Lipinski definition) is 1. The van der Waals surface area contributed by atoms with Crippen LogP contribution in [-0.2, 0) is 0 Å². The van der Waals surface area contributed by atoms with Gasteiger partial charge in [0.05, 0.1) is 6.10 Å². The van der Waals surface area contributed by atoms with Gasteiger partial charge in [-0.05, 0) is 43.2 Å². The highest BCUT2D eigenvalue weighted by Crippen LogP contribution is 2.18. The molecule has 1 unspecified atom stereocenters. The molecule has 0 amide bonds. The van der Waals surface area contributed by atoms with Gasteiger partial charge in [-0.25, -0.2) is 0 Å². The Kier molecular flexibility index (Phi) is 5.47. The van der Waals surface area contributed by atoms with Crippen LogP contribution < -0.4 is 9.47 Å². The van der Waals surface area contributed by atoms with Crippen LogP contribution in [0.4, 0.5) is 0 Å². The molecule has 0 bridgehead atoms. The van der Waals surface area contributed by atoms with E-state index in [2.05, 4.69) is 6.07 Å². The van der Waals surface area contributed by atoms with E-state index < -0.39 is 6.10 Å². The number of aliphatic hydroxyl groups excluding tert-OH is 1. The van der Waals surface area contributed by atoms with Crippen molar-refractivity contribution in [3.05, 3.63) is 58.9 Å². The van der Waals surface area contributed by atoms with Crippen LogP contribution in [0.25, 0.3) is 0 Å². The fourth-order valence-corrected chi connectivity index (χ4v) is 2.78. The minimum absolute atomic E-state index is 0.210. The average Bonchev–Trinajstić information content (AvgIpc) is 2.43. The second-order valence-electron chi connectivity index (χ2n) is 4.96. The lowest BCUT2D eigenvalue weighted by atomic mass is 10.1. The molecule has 2 rings (SSSR count). The highest BCUT2D eigenvalue weighted by atomic mass is 32.2. The molecule has 1 N–H and O–H groups in total. The third kappa shape index (κ3) is 4.95. The number of thioether (sulfide) groups is 1.